The van der Waals surface area contributed by atoms with Crippen LogP contribution in [0.1, 0.15) is 6.42 Å². The molecule has 1 amide bonds. The van der Waals surface area contributed by atoms with E-state index in [9.17, 15) is 9.59 Å². The van der Waals surface area contributed by atoms with Crippen LogP contribution in [0.4, 0.5) is 0 Å². The Morgan fingerprint density at radius 2 is 2.31 bits per heavy atom. The van der Waals surface area contributed by atoms with Gasteiger partial charge in [0.15, 0.2) is 0 Å². The number of hydrogen-bond donors (Lipinski definition) is 2. The number of nitrogens with zero attached hydrogens (tertiary/aromatic N) is 1. The van der Waals surface area contributed by atoms with Crippen molar-refractivity contribution in [3.63, 3.8) is 0 Å². The predicted molar refractivity (Wildman–Crippen MR) is 55.4 cm³/mol. The molecule has 88 valence electrons. The van der Waals surface area contributed by atoms with Crippen LogP contribution in [0.15, 0.2) is 0 Å². The lowest BCUT2D eigenvalue weighted by Crippen LogP contribution is -2.56. The van der Waals surface area contributed by atoms with Crippen molar-refractivity contribution in [1.82, 2.24) is 4.90 Å². The number of rotatable bonds is 4. The van der Waals surface area contributed by atoms with Crippen LogP contribution >= 0.6 is 0 Å². The lowest BCUT2D eigenvalue weighted by Gasteiger charge is -2.28. The third kappa shape index (κ3) is 2.72. The molecule has 0 spiro atoms. The summed E-state index contributed by atoms with van der Waals surface area (Å²) in [4.78, 5) is 23.6. The van der Waals surface area contributed by atoms with Crippen molar-refractivity contribution in [2.75, 3.05) is 26.3 Å². The topological polar surface area (TPSA) is 92.9 Å². The smallest absolute Gasteiger partial charge is 0.323 e. The second-order valence-electron chi connectivity index (χ2n) is 3.72. The quantitative estimate of drug-likeness (QED) is 0.578. The van der Waals surface area contributed by atoms with Crippen LogP contribution < -0.4 is 5.73 Å². The molecule has 1 aliphatic rings. The third-order valence-corrected chi connectivity index (χ3v) is 2.37. The molecule has 0 saturated carbocycles. The normalized spacial score (nSPS) is 23.8. The molecule has 1 heterocycles. The second kappa shape index (κ2) is 4.96. The lowest BCUT2D eigenvalue weighted by atomic mass is 9.98. The molecule has 1 fully saturated rings. The highest BCUT2D eigenvalue weighted by Crippen LogP contribution is 2.18. The highest BCUT2D eigenvalue weighted by molar-refractivity contribution is 5.89. The summed E-state index contributed by atoms with van der Waals surface area (Å²) in [7, 11) is 0. The van der Waals surface area contributed by atoms with Crippen LogP contribution in [0.5, 0.6) is 0 Å². The maximum atomic E-state index is 12.0. The van der Waals surface area contributed by atoms with E-state index in [1.54, 1.807) is 0 Å². The van der Waals surface area contributed by atoms with Gasteiger partial charge in [0.05, 0.1) is 13.2 Å². The van der Waals surface area contributed by atoms with Crippen LogP contribution in [0.2, 0.25) is 0 Å². The van der Waals surface area contributed by atoms with Gasteiger partial charge in [-0.3, -0.25) is 9.59 Å². The lowest BCUT2D eigenvalue weighted by molar-refractivity contribution is -0.146. The fourth-order valence-corrected chi connectivity index (χ4v) is 1.54. The van der Waals surface area contributed by atoms with Gasteiger partial charge in [-0.25, -0.2) is 0 Å². The Kier molecular flexibility index (Phi) is 3.88. The molecular formula is C10H14N2O4. The highest BCUT2D eigenvalue weighted by atomic mass is 16.5. The van der Waals surface area contributed by atoms with Crippen molar-refractivity contribution in [3.05, 3.63) is 0 Å². The van der Waals surface area contributed by atoms with E-state index in [1.165, 1.54) is 0 Å². The molecule has 3 N–H and O–H groups in total. The number of carboxylic acid groups (broad SMARTS) is 1. The van der Waals surface area contributed by atoms with E-state index in [0.717, 1.165) is 4.90 Å². The van der Waals surface area contributed by atoms with Crippen molar-refractivity contribution in [3.8, 4) is 12.3 Å². The fourth-order valence-electron chi connectivity index (χ4n) is 1.54. The summed E-state index contributed by atoms with van der Waals surface area (Å²) < 4.78 is 5.04. The van der Waals surface area contributed by atoms with Gasteiger partial charge >= 0.3 is 5.97 Å². The Hall–Kier alpha value is -1.58. The van der Waals surface area contributed by atoms with E-state index in [-0.39, 0.29) is 13.2 Å². The minimum Gasteiger partial charge on any atom is -0.480 e. The van der Waals surface area contributed by atoms with Gasteiger partial charge in [0.1, 0.15) is 12.1 Å². The number of amides is 1. The van der Waals surface area contributed by atoms with E-state index in [4.69, 9.17) is 22.0 Å². The van der Waals surface area contributed by atoms with Gasteiger partial charge in [0, 0.05) is 6.61 Å². The SMILES string of the molecule is C#CCN(CC(=O)O)C(=O)C1(N)CCOC1. The molecule has 1 atom stereocenters. The predicted octanol–water partition coefficient (Wildman–Crippen LogP) is -1.35. The molecular weight excluding hydrogens is 212 g/mol. The molecule has 0 aromatic rings. The van der Waals surface area contributed by atoms with Crippen LogP contribution in [-0.4, -0.2) is 53.7 Å². The second-order valence-corrected chi connectivity index (χ2v) is 3.72. The zero-order valence-corrected chi connectivity index (χ0v) is 8.81. The molecule has 6 nitrogen and oxygen atoms in total. The molecule has 1 rings (SSSR count). The molecule has 16 heavy (non-hydrogen) atoms. The summed E-state index contributed by atoms with van der Waals surface area (Å²) in [5.41, 5.74) is 4.70. The molecule has 0 bridgehead atoms. The Morgan fingerprint density at radius 1 is 1.62 bits per heavy atom. The van der Waals surface area contributed by atoms with Crippen molar-refractivity contribution in [2.24, 2.45) is 5.73 Å². The number of carbonyl (C=O) groups excluding carboxylic acids is 1. The molecule has 1 saturated heterocycles. The van der Waals surface area contributed by atoms with E-state index < -0.39 is 24.0 Å². The van der Waals surface area contributed by atoms with Crippen LogP contribution in [-0.2, 0) is 14.3 Å². The average molecular weight is 226 g/mol. The molecule has 0 aromatic heterocycles. The summed E-state index contributed by atoms with van der Waals surface area (Å²) in [5, 5.41) is 8.65. The number of aliphatic carboxylic acids is 1. The highest BCUT2D eigenvalue weighted by Gasteiger charge is 2.41. The minimum atomic E-state index is -1.13. The molecule has 0 radical (unpaired) electrons. The number of ether oxygens (including phenoxy) is 1. The monoisotopic (exact) mass is 226 g/mol. The number of nitrogens with two attached hydrogens (primary N) is 1. The average Bonchev–Trinajstić information content (AvgIpc) is 2.64. The Labute approximate surface area is 93.3 Å². The largest absolute Gasteiger partial charge is 0.480 e. The van der Waals surface area contributed by atoms with Gasteiger partial charge in [0.25, 0.3) is 0 Å². The van der Waals surface area contributed by atoms with Crippen LogP contribution in [0.3, 0.4) is 0 Å². The molecule has 0 aromatic carbocycles. The van der Waals surface area contributed by atoms with E-state index in [1.807, 2.05) is 0 Å². The van der Waals surface area contributed by atoms with Crippen molar-refractivity contribution in [1.29, 1.82) is 0 Å². The molecule has 0 aliphatic carbocycles. The first kappa shape index (κ1) is 12.5. The number of hydrogen-bond acceptors (Lipinski definition) is 4. The minimum absolute atomic E-state index is 0.0654. The standard InChI is InChI=1S/C10H14N2O4/c1-2-4-12(6-8(13)14)9(15)10(11)3-5-16-7-10/h1H,3-7,11H2,(H,13,14). The zero-order valence-electron chi connectivity index (χ0n) is 8.81. The first-order valence-corrected chi connectivity index (χ1v) is 4.81. The summed E-state index contributed by atoms with van der Waals surface area (Å²) >= 11 is 0. The Bertz CT molecular complexity index is 328. The summed E-state index contributed by atoms with van der Waals surface area (Å²) in [6, 6.07) is 0. The van der Waals surface area contributed by atoms with E-state index >= 15 is 0 Å². The van der Waals surface area contributed by atoms with Crippen molar-refractivity contribution < 1.29 is 19.4 Å². The third-order valence-electron chi connectivity index (χ3n) is 2.37. The van der Waals surface area contributed by atoms with Crippen molar-refractivity contribution >= 4 is 11.9 Å². The van der Waals surface area contributed by atoms with Crippen molar-refractivity contribution in [2.45, 2.75) is 12.0 Å². The van der Waals surface area contributed by atoms with Gasteiger partial charge in [0.2, 0.25) is 5.91 Å². The van der Waals surface area contributed by atoms with Gasteiger partial charge in [-0.05, 0) is 6.42 Å². The number of terminal acetylenes is 1. The molecule has 6 heteroatoms. The van der Waals surface area contributed by atoms with E-state index in [0.29, 0.717) is 13.0 Å². The van der Waals surface area contributed by atoms with Crippen LogP contribution in [0.25, 0.3) is 0 Å². The van der Waals surface area contributed by atoms with Crippen LogP contribution in [0, 0.1) is 12.3 Å². The van der Waals surface area contributed by atoms with Gasteiger partial charge in [-0.2, -0.15) is 0 Å². The fraction of sp³-hybridized carbons (Fsp3) is 0.600. The first-order chi connectivity index (χ1) is 7.49. The van der Waals surface area contributed by atoms with Gasteiger partial charge in [-0.15, -0.1) is 6.42 Å². The number of carboxylic acids is 1. The zero-order chi connectivity index (χ0) is 12.2. The molecule has 1 aliphatic heterocycles. The number of carbonyl (C=O) groups is 2. The van der Waals surface area contributed by atoms with E-state index in [2.05, 4.69) is 5.92 Å². The molecule has 1 unspecified atom stereocenters. The summed E-state index contributed by atoms with van der Waals surface area (Å²) in [6.07, 6.45) is 5.46. The van der Waals surface area contributed by atoms with Gasteiger partial charge < -0.3 is 20.5 Å². The Morgan fingerprint density at radius 3 is 2.75 bits per heavy atom. The summed E-state index contributed by atoms with van der Waals surface area (Å²) in [6.45, 7) is -0.00219. The Balaban J connectivity index is 2.74. The maximum Gasteiger partial charge on any atom is 0.323 e. The van der Waals surface area contributed by atoms with Gasteiger partial charge in [-0.1, -0.05) is 5.92 Å². The maximum absolute atomic E-state index is 12.0. The summed E-state index contributed by atoms with van der Waals surface area (Å²) in [5.74, 6) is 0.654. The first-order valence-electron chi connectivity index (χ1n) is 4.81.